The number of nitrogens with zero attached hydrogens (tertiary/aromatic N) is 1. The molecule has 0 fully saturated rings. The minimum Gasteiger partial charge on any atom is -0.493 e. The summed E-state index contributed by atoms with van der Waals surface area (Å²) in [4.78, 5) is 0. The van der Waals surface area contributed by atoms with Crippen molar-refractivity contribution in [3.8, 4) is 23.3 Å². The van der Waals surface area contributed by atoms with Crippen molar-refractivity contribution in [2.45, 2.75) is 0 Å². The Balaban J connectivity index is 2.08. The number of methoxy groups -OCH3 is 1. The number of fused-ring (bicyclic) bond motifs is 1. The highest BCUT2D eigenvalue weighted by Crippen LogP contribution is 2.42. The number of benzene rings is 2. The van der Waals surface area contributed by atoms with Gasteiger partial charge in [0.15, 0.2) is 11.5 Å². The standard InChI is InChI=1S/C17H12ClNO3/c1-20-15-7-11(8-16-17(15)22-10-21-16)6-12(9-19)13-4-2-3-5-14(13)18/h2-8H,10H2,1H3. The van der Waals surface area contributed by atoms with E-state index in [1.807, 2.05) is 18.2 Å². The molecule has 2 aromatic rings. The first-order chi connectivity index (χ1) is 10.7. The smallest absolute Gasteiger partial charge is 0.231 e. The van der Waals surface area contributed by atoms with Crippen LogP contribution >= 0.6 is 11.6 Å². The lowest BCUT2D eigenvalue weighted by atomic mass is 10.0. The van der Waals surface area contributed by atoms with E-state index in [0.29, 0.717) is 33.4 Å². The predicted molar refractivity (Wildman–Crippen MR) is 84.1 cm³/mol. The van der Waals surface area contributed by atoms with E-state index in [-0.39, 0.29) is 6.79 Å². The topological polar surface area (TPSA) is 51.5 Å². The number of hydrogen-bond donors (Lipinski definition) is 0. The number of halogens is 1. The van der Waals surface area contributed by atoms with Gasteiger partial charge in [-0.25, -0.2) is 0 Å². The highest BCUT2D eigenvalue weighted by molar-refractivity contribution is 6.32. The number of ether oxygens (including phenoxy) is 3. The fourth-order valence-electron chi connectivity index (χ4n) is 2.25. The largest absolute Gasteiger partial charge is 0.493 e. The Morgan fingerprint density at radius 2 is 2.14 bits per heavy atom. The van der Waals surface area contributed by atoms with Gasteiger partial charge in [-0.05, 0) is 29.8 Å². The first-order valence-corrected chi connectivity index (χ1v) is 6.95. The number of allylic oxidation sites excluding steroid dienone is 1. The van der Waals surface area contributed by atoms with Gasteiger partial charge in [-0.2, -0.15) is 5.26 Å². The van der Waals surface area contributed by atoms with E-state index >= 15 is 0 Å². The van der Waals surface area contributed by atoms with Gasteiger partial charge in [0.05, 0.1) is 18.8 Å². The molecule has 1 heterocycles. The average molecular weight is 314 g/mol. The molecule has 110 valence electrons. The summed E-state index contributed by atoms with van der Waals surface area (Å²) in [6.07, 6.45) is 1.74. The summed E-state index contributed by atoms with van der Waals surface area (Å²) in [5, 5.41) is 9.95. The molecule has 0 amide bonds. The lowest BCUT2D eigenvalue weighted by Crippen LogP contribution is -1.93. The van der Waals surface area contributed by atoms with Crippen molar-refractivity contribution in [3.05, 3.63) is 52.5 Å². The normalized spacial score (nSPS) is 12.9. The van der Waals surface area contributed by atoms with Gasteiger partial charge in [-0.3, -0.25) is 0 Å². The molecule has 1 aliphatic rings. The molecule has 0 atom stereocenters. The molecule has 4 nitrogen and oxygen atoms in total. The maximum Gasteiger partial charge on any atom is 0.231 e. The lowest BCUT2D eigenvalue weighted by Gasteiger charge is -2.07. The highest BCUT2D eigenvalue weighted by Gasteiger charge is 2.20. The maximum atomic E-state index is 9.42. The minimum atomic E-state index is 0.161. The number of nitriles is 1. The third kappa shape index (κ3) is 2.59. The summed E-state index contributed by atoms with van der Waals surface area (Å²) in [7, 11) is 1.56. The molecule has 0 unspecified atom stereocenters. The average Bonchev–Trinajstić information content (AvgIpc) is 3.01. The lowest BCUT2D eigenvalue weighted by molar-refractivity contribution is 0.171. The fraction of sp³-hybridized carbons (Fsp3) is 0.118. The van der Waals surface area contributed by atoms with Crippen LogP contribution in [0.5, 0.6) is 17.2 Å². The Labute approximate surface area is 133 Å². The molecule has 5 heteroatoms. The molecule has 22 heavy (non-hydrogen) atoms. The Kier molecular flexibility index (Phi) is 3.90. The first kappa shape index (κ1) is 14.3. The molecule has 0 bridgehead atoms. The van der Waals surface area contributed by atoms with Gasteiger partial charge in [-0.15, -0.1) is 0 Å². The van der Waals surface area contributed by atoms with Crippen molar-refractivity contribution >= 4 is 23.3 Å². The molecular formula is C17H12ClNO3. The summed E-state index contributed by atoms with van der Waals surface area (Å²) >= 11 is 6.15. The molecule has 0 N–H and O–H groups in total. The zero-order chi connectivity index (χ0) is 15.5. The summed E-state index contributed by atoms with van der Waals surface area (Å²) < 4.78 is 16.0. The van der Waals surface area contributed by atoms with E-state index in [2.05, 4.69) is 6.07 Å². The highest BCUT2D eigenvalue weighted by atomic mass is 35.5. The number of rotatable bonds is 3. The first-order valence-electron chi connectivity index (χ1n) is 6.57. The molecule has 0 aliphatic carbocycles. The Morgan fingerprint density at radius 3 is 2.86 bits per heavy atom. The molecule has 3 rings (SSSR count). The van der Waals surface area contributed by atoms with Crippen molar-refractivity contribution in [3.63, 3.8) is 0 Å². The molecule has 0 radical (unpaired) electrons. The van der Waals surface area contributed by atoms with Gasteiger partial charge in [0.25, 0.3) is 0 Å². The van der Waals surface area contributed by atoms with Gasteiger partial charge in [0.2, 0.25) is 12.5 Å². The van der Waals surface area contributed by atoms with Gasteiger partial charge in [0, 0.05) is 10.6 Å². The van der Waals surface area contributed by atoms with Crippen LogP contribution in [0.3, 0.4) is 0 Å². The summed E-state index contributed by atoms with van der Waals surface area (Å²) in [6.45, 7) is 0.161. The molecule has 0 aromatic heterocycles. The SMILES string of the molecule is COc1cc(C=C(C#N)c2ccccc2Cl)cc2c1OCO2. The second kappa shape index (κ2) is 6.00. The van der Waals surface area contributed by atoms with Crippen molar-refractivity contribution in [1.29, 1.82) is 5.26 Å². The van der Waals surface area contributed by atoms with Crippen LogP contribution in [0.2, 0.25) is 5.02 Å². The molecule has 0 saturated carbocycles. The maximum absolute atomic E-state index is 9.42. The van der Waals surface area contributed by atoms with Crippen molar-refractivity contribution < 1.29 is 14.2 Å². The van der Waals surface area contributed by atoms with Crippen LogP contribution in [-0.2, 0) is 0 Å². The molecule has 0 saturated heterocycles. The third-order valence-corrected chi connectivity index (χ3v) is 3.61. The summed E-state index contributed by atoms with van der Waals surface area (Å²) in [5.41, 5.74) is 1.92. The van der Waals surface area contributed by atoms with Crippen LogP contribution in [0.1, 0.15) is 11.1 Å². The van der Waals surface area contributed by atoms with Crippen molar-refractivity contribution in [1.82, 2.24) is 0 Å². The van der Waals surface area contributed by atoms with E-state index in [1.54, 1.807) is 31.4 Å². The number of hydrogen-bond acceptors (Lipinski definition) is 4. The quantitative estimate of drug-likeness (QED) is 0.631. The van der Waals surface area contributed by atoms with Crippen LogP contribution in [0, 0.1) is 11.3 Å². The van der Waals surface area contributed by atoms with Crippen LogP contribution in [-0.4, -0.2) is 13.9 Å². The second-order valence-corrected chi connectivity index (χ2v) is 5.01. The van der Waals surface area contributed by atoms with E-state index < -0.39 is 0 Å². The van der Waals surface area contributed by atoms with Crippen LogP contribution in [0.25, 0.3) is 11.6 Å². The van der Waals surface area contributed by atoms with Crippen LogP contribution < -0.4 is 14.2 Å². The van der Waals surface area contributed by atoms with Crippen LogP contribution in [0.4, 0.5) is 0 Å². The van der Waals surface area contributed by atoms with Gasteiger partial charge >= 0.3 is 0 Å². The van der Waals surface area contributed by atoms with Gasteiger partial charge in [-0.1, -0.05) is 29.8 Å². The molecule has 0 spiro atoms. The van der Waals surface area contributed by atoms with Gasteiger partial charge < -0.3 is 14.2 Å². The predicted octanol–water partition coefficient (Wildman–Crippen LogP) is 4.14. The molecule has 2 aromatic carbocycles. The Morgan fingerprint density at radius 1 is 1.32 bits per heavy atom. The van der Waals surface area contributed by atoms with Gasteiger partial charge in [0.1, 0.15) is 0 Å². The second-order valence-electron chi connectivity index (χ2n) is 4.61. The Hall–Kier alpha value is -2.64. The Bertz CT molecular complexity index is 793. The van der Waals surface area contributed by atoms with Crippen LogP contribution in [0.15, 0.2) is 36.4 Å². The van der Waals surface area contributed by atoms with E-state index in [9.17, 15) is 5.26 Å². The summed E-state index contributed by atoms with van der Waals surface area (Å²) in [6, 6.07) is 13.0. The zero-order valence-corrected chi connectivity index (χ0v) is 12.6. The monoisotopic (exact) mass is 313 g/mol. The zero-order valence-electron chi connectivity index (χ0n) is 11.8. The van der Waals surface area contributed by atoms with Crippen molar-refractivity contribution in [2.75, 3.05) is 13.9 Å². The van der Waals surface area contributed by atoms with E-state index in [0.717, 1.165) is 5.56 Å². The molecule has 1 aliphatic heterocycles. The van der Waals surface area contributed by atoms with Crippen molar-refractivity contribution in [2.24, 2.45) is 0 Å². The fourth-order valence-corrected chi connectivity index (χ4v) is 2.49. The molecular weight excluding hydrogens is 302 g/mol. The summed E-state index contributed by atoms with van der Waals surface area (Å²) in [5.74, 6) is 1.75. The minimum absolute atomic E-state index is 0.161. The van der Waals surface area contributed by atoms with E-state index in [4.69, 9.17) is 25.8 Å². The third-order valence-electron chi connectivity index (χ3n) is 3.28. The van der Waals surface area contributed by atoms with E-state index in [1.165, 1.54) is 0 Å².